The molecule has 5 heteroatoms. The molecule has 0 aliphatic carbocycles. The Morgan fingerprint density at radius 2 is 1.95 bits per heavy atom. The van der Waals surface area contributed by atoms with E-state index in [1.54, 1.807) is 0 Å². The molecule has 1 aromatic carbocycles. The van der Waals surface area contributed by atoms with Crippen molar-refractivity contribution in [1.29, 1.82) is 0 Å². The quantitative estimate of drug-likeness (QED) is 0.750. The van der Waals surface area contributed by atoms with Crippen LogP contribution in [-0.2, 0) is 15.4 Å². The van der Waals surface area contributed by atoms with Crippen LogP contribution in [0.15, 0.2) is 24.3 Å². The first-order valence-electron chi connectivity index (χ1n) is 7.45. The van der Waals surface area contributed by atoms with E-state index < -0.39 is 10.0 Å². The zero-order valence-electron chi connectivity index (χ0n) is 13.5. The Balaban J connectivity index is 2.43. The molecule has 0 aromatic heterocycles. The number of hydrogen-bond donors (Lipinski definition) is 1. The summed E-state index contributed by atoms with van der Waals surface area (Å²) in [4.78, 5) is 0. The first kappa shape index (κ1) is 18.0. The third-order valence-corrected chi connectivity index (χ3v) is 4.63. The van der Waals surface area contributed by atoms with Gasteiger partial charge in [-0.15, -0.1) is 0 Å². The number of nitrogens with one attached hydrogen (secondary N) is 1. The molecule has 120 valence electrons. The van der Waals surface area contributed by atoms with Crippen LogP contribution in [0.5, 0.6) is 5.75 Å². The molecule has 21 heavy (non-hydrogen) atoms. The van der Waals surface area contributed by atoms with Crippen molar-refractivity contribution < 1.29 is 13.2 Å². The molecule has 4 nitrogen and oxygen atoms in total. The fourth-order valence-corrected chi connectivity index (χ4v) is 3.03. The minimum Gasteiger partial charge on any atom is -0.492 e. The highest BCUT2D eigenvalue weighted by atomic mass is 32.2. The lowest BCUT2D eigenvalue weighted by molar-refractivity contribution is 0.322. The standard InChI is InChI=1S/C16H27NO3S/c1-5-6-12-21(18,19)17-10-11-20-15-9-7-8-14(13-15)16(2,3)4/h7-9,13,17H,5-6,10-12H2,1-4H3. The fraction of sp³-hybridized carbons (Fsp3) is 0.625. The van der Waals surface area contributed by atoms with E-state index in [-0.39, 0.29) is 11.2 Å². The van der Waals surface area contributed by atoms with Gasteiger partial charge in [-0.05, 0) is 29.5 Å². The monoisotopic (exact) mass is 313 g/mol. The number of sulfonamides is 1. The third kappa shape index (κ3) is 6.96. The largest absolute Gasteiger partial charge is 0.492 e. The number of ether oxygens (including phenoxy) is 1. The Bertz CT molecular complexity index is 533. The maximum Gasteiger partial charge on any atom is 0.211 e. The molecule has 0 saturated carbocycles. The molecular weight excluding hydrogens is 286 g/mol. The molecule has 0 heterocycles. The molecule has 0 aliphatic rings. The van der Waals surface area contributed by atoms with Gasteiger partial charge in [-0.25, -0.2) is 13.1 Å². The van der Waals surface area contributed by atoms with Gasteiger partial charge in [-0.3, -0.25) is 0 Å². The second-order valence-electron chi connectivity index (χ2n) is 6.19. The molecular formula is C16H27NO3S. The molecule has 0 spiro atoms. The molecule has 0 fully saturated rings. The summed E-state index contributed by atoms with van der Waals surface area (Å²) < 4.78 is 31.4. The van der Waals surface area contributed by atoms with Crippen LogP contribution in [-0.4, -0.2) is 27.3 Å². The van der Waals surface area contributed by atoms with Gasteiger partial charge in [0.05, 0.1) is 5.75 Å². The van der Waals surface area contributed by atoms with Crippen LogP contribution in [0, 0.1) is 0 Å². The first-order valence-corrected chi connectivity index (χ1v) is 9.10. The number of rotatable bonds is 8. The van der Waals surface area contributed by atoms with Gasteiger partial charge in [0.15, 0.2) is 0 Å². The second kappa shape index (κ2) is 7.80. The van der Waals surface area contributed by atoms with Gasteiger partial charge in [0, 0.05) is 6.54 Å². The van der Waals surface area contributed by atoms with E-state index in [0.29, 0.717) is 19.6 Å². The molecule has 0 radical (unpaired) electrons. The summed E-state index contributed by atoms with van der Waals surface area (Å²) in [5.41, 5.74) is 1.27. The molecule has 0 bridgehead atoms. The topological polar surface area (TPSA) is 55.4 Å². The molecule has 1 aromatic rings. The van der Waals surface area contributed by atoms with Gasteiger partial charge in [-0.2, -0.15) is 0 Å². The lowest BCUT2D eigenvalue weighted by atomic mass is 9.87. The van der Waals surface area contributed by atoms with Crippen molar-refractivity contribution in [1.82, 2.24) is 4.72 Å². The maximum atomic E-state index is 11.6. The summed E-state index contributed by atoms with van der Waals surface area (Å²) in [5.74, 6) is 0.957. The summed E-state index contributed by atoms with van der Waals surface area (Å²) in [5, 5.41) is 0. The van der Waals surface area contributed by atoms with E-state index in [4.69, 9.17) is 4.74 Å². The Morgan fingerprint density at radius 1 is 1.24 bits per heavy atom. The van der Waals surface area contributed by atoms with Crippen LogP contribution in [0.1, 0.15) is 46.1 Å². The van der Waals surface area contributed by atoms with Crippen LogP contribution in [0.4, 0.5) is 0 Å². The van der Waals surface area contributed by atoms with Gasteiger partial charge in [0.25, 0.3) is 0 Å². The zero-order chi connectivity index (χ0) is 15.9. The average Bonchev–Trinajstić information content (AvgIpc) is 2.41. The third-order valence-electron chi connectivity index (χ3n) is 3.16. The van der Waals surface area contributed by atoms with E-state index in [0.717, 1.165) is 12.2 Å². The highest BCUT2D eigenvalue weighted by Crippen LogP contribution is 2.25. The van der Waals surface area contributed by atoms with E-state index in [9.17, 15) is 8.42 Å². The van der Waals surface area contributed by atoms with Crippen molar-refractivity contribution in [2.75, 3.05) is 18.9 Å². The summed E-state index contributed by atoms with van der Waals surface area (Å²) in [6.45, 7) is 9.04. The van der Waals surface area contributed by atoms with Crippen LogP contribution >= 0.6 is 0 Å². The Labute approximate surface area is 129 Å². The first-order chi connectivity index (χ1) is 9.74. The number of benzene rings is 1. The molecule has 1 rings (SSSR count). The van der Waals surface area contributed by atoms with Crippen molar-refractivity contribution >= 4 is 10.0 Å². The Kier molecular flexibility index (Phi) is 6.68. The van der Waals surface area contributed by atoms with E-state index in [1.807, 2.05) is 25.1 Å². The van der Waals surface area contributed by atoms with E-state index in [1.165, 1.54) is 5.56 Å². The summed E-state index contributed by atoms with van der Waals surface area (Å²) in [6, 6.07) is 7.92. The van der Waals surface area contributed by atoms with Crippen molar-refractivity contribution in [2.24, 2.45) is 0 Å². The SMILES string of the molecule is CCCCS(=O)(=O)NCCOc1cccc(C(C)(C)C)c1. The van der Waals surface area contributed by atoms with Gasteiger partial charge in [-0.1, -0.05) is 46.2 Å². The predicted molar refractivity (Wildman–Crippen MR) is 87.3 cm³/mol. The van der Waals surface area contributed by atoms with Crippen molar-refractivity contribution in [3.8, 4) is 5.75 Å². The van der Waals surface area contributed by atoms with Crippen molar-refractivity contribution in [3.63, 3.8) is 0 Å². The van der Waals surface area contributed by atoms with E-state index in [2.05, 4.69) is 31.6 Å². The Hall–Kier alpha value is -1.07. The summed E-state index contributed by atoms with van der Waals surface area (Å²) in [7, 11) is -3.16. The zero-order valence-corrected chi connectivity index (χ0v) is 14.3. The van der Waals surface area contributed by atoms with Gasteiger partial charge in [0.2, 0.25) is 10.0 Å². The average molecular weight is 313 g/mol. The molecule has 1 N–H and O–H groups in total. The molecule has 0 amide bonds. The normalized spacial score (nSPS) is 12.4. The van der Waals surface area contributed by atoms with Crippen molar-refractivity contribution in [2.45, 2.75) is 46.0 Å². The Morgan fingerprint density at radius 3 is 2.57 bits per heavy atom. The van der Waals surface area contributed by atoms with Gasteiger partial charge >= 0.3 is 0 Å². The van der Waals surface area contributed by atoms with Crippen molar-refractivity contribution in [3.05, 3.63) is 29.8 Å². The number of hydrogen-bond acceptors (Lipinski definition) is 3. The van der Waals surface area contributed by atoms with Crippen LogP contribution in [0.25, 0.3) is 0 Å². The highest BCUT2D eigenvalue weighted by molar-refractivity contribution is 7.89. The van der Waals surface area contributed by atoms with E-state index >= 15 is 0 Å². The summed E-state index contributed by atoms with van der Waals surface area (Å²) >= 11 is 0. The molecule has 0 saturated heterocycles. The highest BCUT2D eigenvalue weighted by Gasteiger charge is 2.14. The molecule has 0 unspecified atom stereocenters. The van der Waals surface area contributed by atoms with Crippen LogP contribution < -0.4 is 9.46 Å². The summed E-state index contributed by atoms with van der Waals surface area (Å²) in [6.07, 6.45) is 1.56. The van der Waals surface area contributed by atoms with Gasteiger partial charge < -0.3 is 4.74 Å². The molecule has 0 aliphatic heterocycles. The lowest BCUT2D eigenvalue weighted by Crippen LogP contribution is -2.30. The van der Waals surface area contributed by atoms with Crippen LogP contribution in [0.2, 0.25) is 0 Å². The minimum atomic E-state index is -3.16. The lowest BCUT2D eigenvalue weighted by Gasteiger charge is -2.19. The predicted octanol–water partition coefficient (Wildman–Crippen LogP) is 3.08. The van der Waals surface area contributed by atoms with Gasteiger partial charge in [0.1, 0.15) is 12.4 Å². The number of unbranched alkanes of at least 4 members (excludes halogenated alkanes) is 1. The maximum absolute atomic E-state index is 11.6. The second-order valence-corrected chi connectivity index (χ2v) is 8.12. The fourth-order valence-electron chi connectivity index (χ4n) is 1.82. The van der Waals surface area contributed by atoms with Crippen LogP contribution in [0.3, 0.4) is 0 Å². The minimum absolute atomic E-state index is 0.0705. The smallest absolute Gasteiger partial charge is 0.211 e. The molecule has 0 atom stereocenters.